The van der Waals surface area contributed by atoms with Crippen LogP contribution in [0.15, 0.2) is 82.8 Å². The van der Waals surface area contributed by atoms with Gasteiger partial charge in [0.25, 0.3) is 0 Å². The van der Waals surface area contributed by atoms with Gasteiger partial charge in [-0.25, -0.2) is 4.99 Å². The molecule has 3 aromatic carbocycles. The molecule has 0 atom stereocenters. The highest BCUT2D eigenvalue weighted by Gasteiger charge is 2.20. The Morgan fingerprint density at radius 3 is 2.21 bits per heavy atom. The third-order valence-electron chi connectivity index (χ3n) is 5.92. The summed E-state index contributed by atoms with van der Waals surface area (Å²) in [6.45, 7) is 0.695. The number of benzene rings is 3. The molecular formula is C26H24N2. The minimum absolute atomic E-state index is 0.695. The highest BCUT2D eigenvalue weighted by atomic mass is 15.0. The lowest BCUT2D eigenvalue weighted by atomic mass is 9.95. The number of nitrogens with zero attached hydrogens (tertiary/aromatic N) is 2. The summed E-state index contributed by atoms with van der Waals surface area (Å²) in [6.07, 6.45) is 6.77. The average molecular weight is 364 g/mol. The summed E-state index contributed by atoms with van der Waals surface area (Å²) in [7, 11) is 0. The van der Waals surface area contributed by atoms with Gasteiger partial charge in [-0.2, -0.15) is 0 Å². The van der Waals surface area contributed by atoms with E-state index >= 15 is 0 Å². The molecule has 0 saturated heterocycles. The Hall–Kier alpha value is -3.00. The van der Waals surface area contributed by atoms with Gasteiger partial charge in [-0.1, -0.05) is 66.7 Å². The summed E-state index contributed by atoms with van der Waals surface area (Å²) < 4.78 is 0. The second kappa shape index (κ2) is 7.55. The summed E-state index contributed by atoms with van der Waals surface area (Å²) in [5.41, 5.74) is 8.11. The number of aliphatic imine (C=N–C) groups is 2. The van der Waals surface area contributed by atoms with Crippen LogP contribution in [0.5, 0.6) is 0 Å². The van der Waals surface area contributed by atoms with E-state index in [4.69, 9.17) is 0 Å². The first kappa shape index (κ1) is 17.1. The second-order valence-corrected chi connectivity index (χ2v) is 7.84. The van der Waals surface area contributed by atoms with Crippen LogP contribution in [0.2, 0.25) is 0 Å². The topological polar surface area (TPSA) is 24.7 Å². The highest BCUT2D eigenvalue weighted by molar-refractivity contribution is 6.06. The Morgan fingerprint density at radius 1 is 0.750 bits per heavy atom. The molecule has 0 fully saturated rings. The number of fused-ring (bicyclic) bond motifs is 1. The van der Waals surface area contributed by atoms with Crippen molar-refractivity contribution in [3.8, 4) is 11.1 Å². The molecule has 1 aliphatic carbocycles. The van der Waals surface area contributed by atoms with Crippen LogP contribution in [0, 0.1) is 5.92 Å². The number of rotatable bonds is 5. The molecule has 138 valence electrons. The summed E-state index contributed by atoms with van der Waals surface area (Å²) in [5, 5.41) is 0. The van der Waals surface area contributed by atoms with Gasteiger partial charge in [0.2, 0.25) is 0 Å². The van der Waals surface area contributed by atoms with E-state index in [0.717, 1.165) is 23.7 Å². The predicted octanol–water partition coefficient (Wildman–Crippen LogP) is 5.53. The molecule has 0 spiro atoms. The van der Waals surface area contributed by atoms with Crippen molar-refractivity contribution in [3.05, 3.63) is 95.1 Å². The maximum Gasteiger partial charge on any atom is 0.154 e. The van der Waals surface area contributed by atoms with Gasteiger partial charge in [0.1, 0.15) is 0 Å². The van der Waals surface area contributed by atoms with Crippen LogP contribution in [-0.4, -0.2) is 18.6 Å². The zero-order chi connectivity index (χ0) is 18.8. The van der Waals surface area contributed by atoms with Gasteiger partial charge < -0.3 is 0 Å². The average Bonchev–Trinajstić information content (AvgIpc) is 3.42. The van der Waals surface area contributed by atoms with E-state index in [-0.39, 0.29) is 0 Å². The van der Waals surface area contributed by atoms with Gasteiger partial charge in [-0.15, -0.1) is 0 Å². The van der Waals surface area contributed by atoms with E-state index in [1.165, 1.54) is 36.0 Å². The summed E-state index contributed by atoms with van der Waals surface area (Å²) in [5.74, 6) is 1.64. The van der Waals surface area contributed by atoms with Gasteiger partial charge in [-0.3, -0.25) is 4.99 Å². The van der Waals surface area contributed by atoms with Crippen molar-refractivity contribution in [1.29, 1.82) is 0 Å². The lowest BCUT2D eigenvalue weighted by Gasteiger charge is -2.10. The highest BCUT2D eigenvalue weighted by Crippen LogP contribution is 2.30. The first-order valence-electron chi connectivity index (χ1n) is 10.2. The SMILES string of the molecule is C1=NC(c2cccc(-c3ccc(CCC4Cc5ccccc5C4)cc3)c2)=NC1. The molecule has 2 aliphatic rings. The summed E-state index contributed by atoms with van der Waals surface area (Å²) in [6, 6.07) is 26.5. The fraction of sp³-hybridized carbons (Fsp3) is 0.231. The normalized spacial score (nSPS) is 15.6. The molecule has 0 aromatic heterocycles. The molecule has 1 aliphatic heterocycles. The zero-order valence-electron chi connectivity index (χ0n) is 16.0. The van der Waals surface area contributed by atoms with E-state index in [1.807, 2.05) is 6.21 Å². The van der Waals surface area contributed by atoms with Crippen molar-refractivity contribution >= 4 is 12.1 Å². The summed E-state index contributed by atoms with van der Waals surface area (Å²) in [4.78, 5) is 8.78. The number of hydrogen-bond donors (Lipinski definition) is 0. The molecule has 2 heteroatoms. The largest absolute Gasteiger partial charge is 0.260 e. The quantitative estimate of drug-likeness (QED) is 0.568. The van der Waals surface area contributed by atoms with E-state index in [0.29, 0.717) is 6.54 Å². The maximum absolute atomic E-state index is 4.43. The molecule has 0 N–H and O–H groups in total. The predicted molar refractivity (Wildman–Crippen MR) is 117 cm³/mol. The monoisotopic (exact) mass is 364 g/mol. The molecular weight excluding hydrogens is 340 g/mol. The van der Waals surface area contributed by atoms with Crippen molar-refractivity contribution in [2.24, 2.45) is 15.9 Å². The Labute approximate surface area is 166 Å². The van der Waals surface area contributed by atoms with Crippen molar-refractivity contribution in [2.75, 3.05) is 6.54 Å². The first-order chi connectivity index (χ1) is 13.8. The van der Waals surface area contributed by atoms with Crippen molar-refractivity contribution in [3.63, 3.8) is 0 Å². The fourth-order valence-corrected chi connectivity index (χ4v) is 4.39. The fourth-order valence-electron chi connectivity index (χ4n) is 4.39. The van der Waals surface area contributed by atoms with Crippen molar-refractivity contribution in [1.82, 2.24) is 0 Å². The minimum Gasteiger partial charge on any atom is -0.260 e. The molecule has 1 heterocycles. The zero-order valence-corrected chi connectivity index (χ0v) is 16.0. The third kappa shape index (κ3) is 3.55. The van der Waals surface area contributed by atoms with Gasteiger partial charge in [-0.05, 0) is 65.5 Å². The number of amidine groups is 1. The van der Waals surface area contributed by atoms with Crippen LogP contribution in [0.25, 0.3) is 11.1 Å². The molecule has 2 nitrogen and oxygen atoms in total. The van der Waals surface area contributed by atoms with Crippen molar-refractivity contribution < 1.29 is 0 Å². The van der Waals surface area contributed by atoms with E-state index in [9.17, 15) is 0 Å². The molecule has 0 saturated carbocycles. The van der Waals surface area contributed by atoms with Crippen LogP contribution in [0.4, 0.5) is 0 Å². The smallest absolute Gasteiger partial charge is 0.154 e. The minimum atomic E-state index is 0.695. The van der Waals surface area contributed by atoms with Crippen LogP contribution in [0.1, 0.15) is 28.7 Å². The molecule has 3 aromatic rings. The van der Waals surface area contributed by atoms with Gasteiger partial charge in [0.15, 0.2) is 5.84 Å². The molecule has 28 heavy (non-hydrogen) atoms. The van der Waals surface area contributed by atoms with Gasteiger partial charge in [0, 0.05) is 11.8 Å². The third-order valence-corrected chi connectivity index (χ3v) is 5.92. The van der Waals surface area contributed by atoms with Crippen LogP contribution in [0.3, 0.4) is 0 Å². The first-order valence-corrected chi connectivity index (χ1v) is 10.2. The standard InChI is InChI=1S/C26H24N2/c1-2-5-23-17-20(16-22(23)4-1)9-8-19-10-12-21(13-11-19)24-6-3-7-25(18-24)26-27-14-15-28-26/h1-7,10-14,18,20H,8-9,15-17H2. The van der Waals surface area contributed by atoms with E-state index < -0.39 is 0 Å². The van der Waals surface area contributed by atoms with Crippen LogP contribution < -0.4 is 0 Å². The second-order valence-electron chi connectivity index (χ2n) is 7.84. The van der Waals surface area contributed by atoms with Crippen molar-refractivity contribution in [2.45, 2.75) is 25.7 Å². The molecule has 0 unspecified atom stereocenters. The number of hydrogen-bond acceptors (Lipinski definition) is 2. The molecule has 0 amide bonds. The van der Waals surface area contributed by atoms with E-state index in [2.05, 4.69) is 82.8 Å². The van der Waals surface area contributed by atoms with E-state index in [1.54, 1.807) is 11.1 Å². The molecule has 0 bridgehead atoms. The Balaban J connectivity index is 1.24. The lowest BCUT2D eigenvalue weighted by molar-refractivity contribution is 0.514. The Morgan fingerprint density at radius 2 is 1.50 bits per heavy atom. The van der Waals surface area contributed by atoms with Crippen LogP contribution in [-0.2, 0) is 19.3 Å². The van der Waals surface area contributed by atoms with Crippen LogP contribution >= 0.6 is 0 Å². The van der Waals surface area contributed by atoms with Gasteiger partial charge >= 0.3 is 0 Å². The van der Waals surface area contributed by atoms with Gasteiger partial charge in [0.05, 0.1) is 6.54 Å². The Kier molecular flexibility index (Phi) is 4.62. The number of aryl methyl sites for hydroxylation is 1. The maximum atomic E-state index is 4.43. The lowest BCUT2D eigenvalue weighted by Crippen LogP contribution is -2.01. The summed E-state index contributed by atoms with van der Waals surface area (Å²) >= 11 is 0. The Bertz CT molecular complexity index is 1020. The molecule has 0 radical (unpaired) electrons. The molecule has 5 rings (SSSR count).